The van der Waals surface area contributed by atoms with Crippen molar-refractivity contribution in [3.8, 4) is 5.75 Å². The highest BCUT2D eigenvalue weighted by Crippen LogP contribution is 2.22. The van der Waals surface area contributed by atoms with Crippen molar-refractivity contribution in [1.29, 1.82) is 0 Å². The zero-order chi connectivity index (χ0) is 9.68. The molecule has 1 aromatic rings. The van der Waals surface area contributed by atoms with Crippen molar-refractivity contribution in [3.63, 3.8) is 0 Å². The summed E-state index contributed by atoms with van der Waals surface area (Å²) in [6.07, 6.45) is 2.52. The summed E-state index contributed by atoms with van der Waals surface area (Å²) in [5.74, 6) is 0.812. The third kappa shape index (κ3) is 2.10. The molecule has 0 heterocycles. The van der Waals surface area contributed by atoms with E-state index in [4.69, 9.17) is 9.84 Å². The molecular formula is C11H14O2. The second-order valence-electron chi connectivity index (χ2n) is 2.75. The molecule has 2 heteroatoms. The number of allylic oxidation sites excluding steroid dienone is 1. The Hall–Kier alpha value is -1.28. The van der Waals surface area contributed by atoms with Crippen LogP contribution in [0.1, 0.15) is 11.1 Å². The summed E-state index contributed by atoms with van der Waals surface area (Å²) < 4.78 is 5.18. The molecule has 0 bridgehead atoms. The van der Waals surface area contributed by atoms with Crippen molar-refractivity contribution < 1.29 is 9.84 Å². The summed E-state index contributed by atoms with van der Waals surface area (Å²) in [4.78, 5) is 0. The maximum atomic E-state index is 9.08. The quantitative estimate of drug-likeness (QED) is 0.714. The molecule has 0 saturated heterocycles. The molecule has 70 valence electrons. The van der Waals surface area contributed by atoms with E-state index in [2.05, 4.69) is 6.58 Å². The average molecular weight is 178 g/mol. The van der Waals surface area contributed by atoms with Crippen molar-refractivity contribution in [3.05, 3.63) is 42.0 Å². The van der Waals surface area contributed by atoms with Crippen LogP contribution in [0.4, 0.5) is 0 Å². The lowest BCUT2D eigenvalue weighted by molar-refractivity contribution is 0.279. The first-order chi connectivity index (χ1) is 6.33. The molecule has 0 spiro atoms. The van der Waals surface area contributed by atoms with Crippen LogP contribution in [-0.2, 0) is 13.0 Å². The van der Waals surface area contributed by atoms with Gasteiger partial charge in [0, 0.05) is 5.56 Å². The molecule has 0 unspecified atom stereocenters. The predicted octanol–water partition coefficient (Wildman–Crippen LogP) is 1.92. The molecular weight excluding hydrogens is 164 g/mol. The highest BCUT2D eigenvalue weighted by atomic mass is 16.5. The van der Waals surface area contributed by atoms with Crippen LogP contribution >= 0.6 is 0 Å². The third-order valence-electron chi connectivity index (χ3n) is 1.97. The van der Waals surface area contributed by atoms with Crippen molar-refractivity contribution in [2.45, 2.75) is 13.0 Å². The molecule has 13 heavy (non-hydrogen) atoms. The van der Waals surface area contributed by atoms with Gasteiger partial charge < -0.3 is 9.84 Å². The van der Waals surface area contributed by atoms with Gasteiger partial charge in [-0.15, -0.1) is 6.58 Å². The summed E-state index contributed by atoms with van der Waals surface area (Å²) in [6.45, 7) is 3.71. The van der Waals surface area contributed by atoms with E-state index in [0.29, 0.717) is 0 Å². The number of methoxy groups -OCH3 is 1. The average Bonchev–Trinajstić information content (AvgIpc) is 2.18. The molecule has 0 aromatic heterocycles. The Morgan fingerprint density at radius 3 is 2.85 bits per heavy atom. The van der Waals surface area contributed by atoms with Gasteiger partial charge in [-0.1, -0.05) is 18.2 Å². The molecule has 2 nitrogen and oxygen atoms in total. The first-order valence-corrected chi connectivity index (χ1v) is 4.20. The van der Waals surface area contributed by atoms with Gasteiger partial charge in [0.15, 0.2) is 0 Å². The zero-order valence-corrected chi connectivity index (χ0v) is 7.79. The monoisotopic (exact) mass is 178 g/mol. The highest BCUT2D eigenvalue weighted by molar-refractivity contribution is 5.41. The largest absolute Gasteiger partial charge is 0.496 e. The Bertz CT molecular complexity index is 270. The molecule has 1 rings (SSSR count). The second kappa shape index (κ2) is 4.67. The molecule has 0 amide bonds. The molecule has 0 radical (unpaired) electrons. The van der Waals surface area contributed by atoms with E-state index in [1.807, 2.05) is 18.2 Å². The van der Waals surface area contributed by atoms with Gasteiger partial charge in [0.2, 0.25) is 0 Å². The van der Waals surface area contributed by atoms with Crippen LogP contribution in [0.5, 0.6) is 5.75 Å². The first-order valence-electron chi connectivity index (χ1n) is 4.20. The summed E-state index contributed by atoms with van der Waals surface area (Å²) in [7, 11) is 1.63. The Morgan fingerprint density at radius 1 is 1.54 bits per heavy atom. The van der Waals surface area contributed by atoms with E-state index < -0.39 is 0 Å². The van der Waals surface area contributed by atoms with Crippen LogP contribution < -0.4 is 4.74 Å². The lowest BCUT2D eigenvalue weighted by atomic mass is 10.0. The van der Waals surface area contributed by atoms with E-state index in [-0.39, 0.29) is 6.61 Å². The van der Waals surface area contributed by atoms with E-state index in [9.17, 15) is 0 Å². The van der Waals surface area contributed by atoms with Gasteiger partial charge in [-0.25, -0.2) is 0 Å². The topological polar surface area (TPSA) is 29.5 Å². The van der Waals surface area contributed by atoms with E-state index >= 15 is 0 Å². The summed E-state index contributed by atoms with van der Waals surface area (Å²) >= 11 is 0. The van der Waals surface area contributed by atoms with Crippen LogP contribution in [0, 0.1) is 0 Å². The van der Waals surface area contributed by atoms with Gasteiger partial charge in [-0.2, -0.15) is 0 Å². The van der Waals surface area contributed by atoms with Gasteiger partial charge in [0.25, 0.3) is 0 Å². The van der Waals surface area contributed by atoms with E-state index in [1.54, 1.807) is 13.2 Å². The normalized spacial score (nSPS) is 9.69. The van der Waals surface area contributed by atoms with Crippen LogP contribution in [0.25, 0.3) is 0 Å². The second-order valence-corrected chi connectivity index (χ2v) is 2.75. The van der Waals surface area contributed by atoms with Crippen molar-refractivity contribution in [1.82, 2.24) is 0 Å². The minimum atomic E-state index is 0.0420. The van der Waals surface area contributed by atoms with Crippen LogP contribution in [0.3, 0.4) is 0 Å². The molecule has 0 aliphatic carbocycles. The fraction of sp³-hybridized carbons (Fsp3) is 0.273. The Kier molecular flexibility index (Phi) is 3.53. The SMILES string of the molecule is C=CCc1c(CO)cccc1OC. The first kappa shape index (κ1) is 9.81. The number of aliphatic hydroxyl groups excluding tert-OH is 1. The number of hydrogen-bond donors (Lipinski definition) is 1. The molecule has 0 atom stereocenters. The Balaban J connectivity index is 3.12. The summed E-state index contributed by atoms with van der Waals surface area (Å²) in [5, 5.41) is 9.08. The van der Waals surface area contributed by atoms with Crippen molar-refractivity contribution >= 4 is 0 Å². The fourth-order valence-corrected chi connectivity index (χ4v) is 1.33. The number of hydrogen-bond acceptors (Lipinski definition) is 2. The number of aliphatic hydroxyl groups is 1. The van der Waals surface area contributed by atoms with E-state index in [1.165, 1.54) is 0 Å². The molecule has 0 aliphatic heterocycles. The lowest BCUT2D eigenvalue weighted by Crippen LogP contribution is -1.97. The van der Waals surface area contributed by atoms with Gasteiger partial charge in [-0.05, 0) is 18.1 Å². The van der Waals surface area contributed by atoms with Crippen LogP contribution in [0.15, 0.2) is 30.9 Å². The van der Waals surface area contributed by atoms with Crippen LogP contribution in [-0.4, -0.2) is 12.2 Å². The van der Waals surface area contributed by atoms with Gasteiger partial charge >= 0.3 is 0 Å². The zero-order valence-electron chi connectivity index (χ0n) is 7.79. The smallest absolute Gasteiger partial charge is 0.122 e. The fourth-order valence-electron chi connectivity index (χ4n) is 1.33. The number of benzene rings is 1. The van der Waals surface area contributed by atoms with Crippen LogP contribution in [0.2, 0.25) is 0 Å². The summed E-state index contributed by atoms with van der Waals surface area (Å²) in [5.41, 5.74) is 1.92. The highest BCUT2D eigenvalue weighted by Gasteiger charge is 2.05. The van der Waals surface area contributed by atoms with Gasteiger partial charge in [0.1, 0.15) is 5.75 Å². The molecule has 0 saturated carbocycles. The van der Waals surface area contributed by atoms with Crippen molar-refractivity contribution in [2.24, 2.45) is 0 Å². The maximum absolute atomic E-state index is 9.08. The molecule has 1 aromatic carbocycles. The van der Waals surface area contributed by atoms with Gasteiger partial charge in [0.05, 0.1) is 13.7 Å². The van der Waals surface area contributed by atoms with Crippen molar-refractivity contribution in [2.75, 3.05) is 7.11 Å². The number of rotatable bonds is 4. The minimum absolute atomic E-state index is 0.0420. The Morgan fingerprint density at radius 2 is 2.31 bits per heavy atom. The molecule has 0 aliphatic rings. The minimum Gasteiger partial charge on any atom is -0.496 e. The standard InChI is InChI=1S/C11H14O2/c1-3-5-10-9(8-12)6-4-7-11(10)13-2/h3-4,6-7,12H,1,5,8H2,2H3. The third-order valence-corrected chi connectivity index (χ3v) is 1.97. The van der Waals surface area contributed by atoms with E-state index in [0.717, 1.165) is 23.3 Å². The number of ether oxygens (including phenoxy) is 1. The predicted molar refractivity (Wildman–Crippen MR) is 52.8 cm³/mol. The lowest BCUT2D eigenvalue weighted by Gasteiger charge is -2.10. The summed E-state index contributed by atoms with van der Waals surface area (Å²) in [6, 6.07) is 5.65. The maximum Gasteiger partial charge on any atom is 0.122 e. The van der Waals surface area contributed by atoms with Gasteiger partial charge in [-0.3, -0.25) is 0 Å². The molecule has 0 fully saturated rings. The molecule has 1 N–H and O–H groups in total. The Labute approximate surface area is 78.5 Å².